The average molecular weight is 473 g/mol. The number of amides is 2. The van der Waals surface area contributed by atoms with Crippen molar-refractivity contribution >= 4 is 23.8 Å². The summed E-state index contributed by atoms with van der Waals surface area (Å²) in [6.07, 6.45) is -1.06. The molecule has 0 atom stereocenters. The van der Waals surface area contributed by atoms with Crippen molar-refractivity contribution in [3.05, 3.63) is 53.4 Å². The molecule has 9 nitrogen and oxygen atoms in total. The lowest BCUT2D eigenvalue weighted by atomic mass is 10.1. The van der Waals surface area contributed by atoms with E-state index in [4.69, 9.17) is 14.2 Å². The largest absolute Gasteiger partial charge is 0.618 e. The van der Waals surface area contributed by atoms with Crippen molar-refractivity contribution in [1.82, 2.24) is 0 Å². The Labute approximate surface area is 199 Å². The van der Waals surface area contributed by atoms with E-state index in [1.54, 1.807) is 78.8 Å². The van der Waals surface area contributed by atoms with E-state index in [0.717, 1.165) is 0 Å². The highest BCUT2D eigenvalue weighted by molar-refractivity contribution is 6.11. The molecular weight excluding hydrogens is 440 g/mol. The van der Waals surface area contributed by atoms with Crippen molar-refractivity contribution in [1.29, 1.82) is 0 Å². The van der Waals surface area contributed by atoms with Crippen LogP contribution in [0.3, 0.4) is 0 Å². The number of anilines is 1. The Morgan fingerprint density at radius 2 is 1.47 bits per heavy atom. The summed E-state index contributed by atoms with van der Waals surface area (Å²) in [4.78, 5) is 39.2. The SMILES string of the molecule is CCOC(=O)Cc1cc(N(C(=O)OC(C)(C)C)C(=O)OC(C)(C)C)c(-c2ccccc2)[n+]([O-])c1. The molecule has 1 aromatic carbocycles. The smallest absolute Gasteiger partial charge is 0.424 e. The number of aromatic nitrogens is 1. The quantitative estimate of drug-likeness (QED) is 0.267. The van der Waals surface area contributed by atoms with E-state index in [-0.39, 0.29) is 30.0 Å². The Balaban J connectivity index is 2.75. The molecular formula is C25H32N2O7. The maximum Gasteiger partial charge on any atom is 0.424 e. The number of pyridine rings is 1. The van der Waals surface area contributed by atoms with E-state index in [2.05, 4.69) is 0 Å². The summed E-state index contributed by atoms with van der Waals surface area (Å²) < 4.78 is 16.4. The van der Waals surface area contributed by atoms with Crippen molar-refractivity contribution in [2.45, 2.75) is 66.1 Å². The number of hydrogen-bond acceptors (Lipinski definition) is 7. The predicted molar refractivity (Wildman–Crippen MR) is 126 cm³/mol. The number of carbonyl (C=O) groups is 3. The summed E-state index contributed by atoms with van der Waals surface area (Å²) in [7, 11) is 0. The fourth-order valence-electron chi connectivity index (χ4n) is 3.01. The van der Waals surface area contributed by atoms with Gasteiger partial charge in [0.1, 0.15) is 16.9 Å². The zero-order valence-corrected chi connectivity index (χ0v) is 20.7. The second-order valence-corrected chi connectivity index (χ2v) is 9.55. The van der Waals surface area contributed by atoms with Crippen molar-refractivity contribution < 1.29 is 33.3 Å². The lowest BCUT2D eigenvalue weighted by Gasteiger charge is -2.29. The molecule has 0 N–H and O–H groups in total. The lowest BCUT2D eigenvalue weighted by Crippen LogP contribution is -2.45. The van der Waals surface area contributed by atoms with Gasteiger partial charge < -0.3 is 19.4 Å². The van der Waals surface area contributed by atoms with Crippen molar-refractivity contribution in [2.24, 2.45) is 0 Å². The summed E-state index contributed by atoms with van der Waals surface area (Å²) in [6, 6.07) is 9.96. The number of imide groups is 1. The number of benzene rings is 1. The topological polar surface area (TPSA) is 109 Å². The molecule has 0 radical (unpaired) electrons. The zero-order chi connectivity index (χ0) is 25.7. The van der Waals surface area contributed by atoms with E-state index in [9.17, 15) is 19.6 Å². The summed E-state index contributed by atoms with van der Waals surface area (Å²) in [5.41, 5.74) is -1.22. The molecule has 2 rings (SSSR count). The van der Waals surface area contributed by atoms with E-state index in [1.807, 2.05) is 0 Å². The molecule has 0 aliphatic rings. The van der Waals surface area contributed by atoms with E-state index in [0.29, 0.717) is 15.2 Å². The van der Waals surface area contributed by atoms with Gasteiger partial charge in [0.05, 0.1) is 13.0 Å². The van der Waals surface area contributed by atoms with Gasteiger partial charge in [-0.25, -0.2) is 9.59 Å². The highest BCUT2D eigenvalue weighted by Gasteiger charge is 2.37. The third-order valence-electron chi connectivity index (χ3n) is 4.16. The van der Waals surface area contributed by atoms with Crippen LogP contribution in [0.1, 0.15) is 54.0 Å². The standard InChI is InChI=1S/C25H32N2O7/c1-8-32-20(28)15-17-14-19(21(26(31)16-17)18-12-10-9-11-13-18)27(22(29)33-24(2,3)4)23(30)34-25(5,6)7/h9-14,16H,8,15H2,1-7H3. The van der Waals surface area contributed by atoms with Crippen LogP contribution in [0.2, 0.25) is 0 Å². The third kappa shape index (κ3) is 7.47. The summed E-state index contributed by atoms with van der Waals surface area (Å²) in [6.45, 7) is 11.8. The van der Waals surface area contributed by atoms with Gasteiger partial charge in [0.15, 0.2) is 6.20 Å². The van der Waals surface area contributed by atoms with Crippen molar-refractivity contribution in [3.8, 4) is 11.3 Å². The van der Waals surface area contributed by atoms with Gasteiger partial charge >= 0.3 is 18.2 Å². The molecule has 0 saturated heterocycles. The van der Waals surface area contributed by atoms with Crippen molar-refractivity contribution in [2.75, 3.05) is 11.5 Å². The first kappa shape index (κ1) is 26.6. The third-order valence-corrected chi connectivity index (χ3v) is 4.16. The predicted octanol–water partition coefficient (Wildman–Crippen LogP) is 4.77. The Morgan fingerprint density at radius 3 is 1.94 bits per heavy atom. The van der Waals surface area contributed by atoms with Crippen LogP contribution < -0.4 is 9.63 Å². The monoisotopic (exact) mass is 472 g/mol. The van der Waals surface area contributed by atoms with Crippen LogP contribution in [0.25, 0.3) is 11.3 Å². The Morgan fingerprint density at radius 1 is 0.941 bits per heavy atom. The number of ether oxygens (including phenoxy) is 3. The number of rotatable bonds is 5. The van der Waals surface area contributed by atoms with Gasteiger partial charge in [-0.05, 0) is 66.7 Å². The molecule has 1 aromatic heterocycles. The minimum absolute atomic E-state index is 0.0185. The van der Waals surface area contributed by atoms with Gasteiger partial charge in [-0.15, -0.1) is 0 Å². The molecule has 9 heteroatoms. The maximum atomic E-state index is 13.2. The number of hydrogen-bond donors (Lipinski definition) is 0. The van der Waals surface area contributed by atoms with Crippen LogP contribution in [0.4, 0.5) is 15.3 Å². The van der Waals surface area contributed by atoms with Gasteiger partial charge in [-0.2, -0.15) is 9.63 Å². The van der Waals surface area contributed by atoms with Crippen LogP contribution >= 0.6 is 0 Å². The Hall–Kier alpha value is -3.62. The molecule has 0 saturated carbocycles. The molecule has 0 spiro atoms. The highest BCUT2D eigenvalue weighted by Crippen LogP contribution is 2.31. The minimum Gasteiger partial charge on any atom is -0.618 e. The summed E-state index contributed by atoms with van der Waals surface area (Å²) in [5.74, 6) is -0.554. The van der Waals surface area contributed by atoms with E-state index >= 15 is 0 Å². The van der Waals surface area contributed by atoms with Gasteiger partial charge in [0.2, 0.25) is 5.69 Å². The normalized spacial score (nSPS) is 11.5. The van der Waals surface area contributed by atoms with Crippen LogP contribution in [0.15, 0.2) is 42.6 Å². The van der Waals surface area contributed by atoms with E-state index in [1.165, 1.54) is 12.3 Å². The average Bonchev–Trinajstić information content (AvgIpc) is 2.66. The first-order chi connectivity index (χ1) is 15.7. The first-order valence-corrected chi connectivity index (χ1v) is 10.9. The van der Waals surface area contributed by atoms with Gasteiger partial charge in [-0.3, -0.25) is 4.79 Å². The first-order valence-electron chi connectivity index (χ1n) is 10.9. The Kier molecular flexibility index (Phi) is 8.26. The molecule has 184 valence electrons. The molecule has 0 fully saturated rings. The van der Waals surface area contributed by atoms with E-state index < -0.39 is 29.4 Å². The fourth-order valence-corrected chi connectivity index (χ4v) is 3.01. The van der Waals surface area contributed by atoms with Crippen LogP contribution in [0, 0.1) is 5.21 Å². The molecule has 1 heterocycles. The fraction of sp³-hybridized carbons (Fsp3) is 0.440. The van der Waals surface area contributed by atoms with Gasteiger partial charge in [-0.1, -0.05) is 18.2 Å². The number of nitrogens with zero attached hydrogens (tertiary/aromatic N) is 2. The zero-order valence-electron chi connectivity index (χ0n) is 20.7. The lowest BCUT2D eigenvalue weighted by molar-refractivity contribution is -0.593. The minimum atomic E-state index is -1.02. The summed E-state index contributed by atoms with van der Waals surface area (Å²) >= 11 is 0. The Bertz CT molecular complexity index is 1010. The van der Waals surface area contributed by atoms with Gasteiger partial charge in [0, 0.05) is 11.1 Å². The van der Waals surface area contributed by atoms with Gasteiger partial charge in [0.25, 0.3) is 0 Å². The summed E-state index contributed by atoms with van der Waals surface area (Å²) in [5, 5.41) is 13.2. The van der Waals surface area contributed by atoms with Crippen LogP contribution in [-0.2, 0) is 25.4 Å². The number of esters is 1. The molecule has 34 heavy (non-hydrogen) atoms. The molecule has 0 aliphatic heterocycles. The van der Waals surface area contributed by atoms with Crippen LogP contribution in [0.5, 0.6) is 0 Å². The molecule has 2 amide bonds. The second kappa shape index (κ2) is 10.5. The molecule has 0 bridgehead atoms. The maximum absolute atomic E-state index is 13.2. The second-order valence-electron chi connectivity index (χ2n) is 9.55. The molecule has 2 aromatic rings. The molecule has 0 unspecified atom stereocenters. The van der Waals surface area contributed by atoms with Crippen molar-refractivity contribution in [3.63, 3.8) is 0 Å². The van der Waals surface area contributed by atoms with Crippen LogP contribution in [-0.4, -0.2) is 36.0 Å². The molecule has 0 aliphatic carbocycles. The number of carbonyl (C=O) groups excluding carboxylic acids is 3. The highest BCUT2D eigenvalue weighted by atomic mass is 16.6.